The fraction of sp³-hybridized carbons (Fsp3) is 0.514. The van der Waals surface area contributed by atoms with Crippen molar-refractivity contribution in [1.82, 2.24) is 0 Å². The third-order valence-electron chi connectivity index (χ3n) is 9.69. The Morgan fingerprint density at radius 2 is 1.57 bits per heavy atom. The van der Waals surface area contributed by atoms with E-state index in [9.17, 15) is 19.2 Å². The van der Waals surface area contributed by atoms with Crippen molar-refractivity contribution >= 4 is 34.9 Å². The Bertz CT molecular complexity index is 1540. The molecule has 0 atom stereocenters. The van der Waals surface area contributed by atoms with E-state index in [-0.39, 0.29) is 22.9 Å². The number of hydrogen-bond donors (Lipinski definition) is 0. The Balaban J connectivity index is 1.63. The highest BCUT2D eigenvalue weighted by Gasteiger charge is 2.44. The first-order chi connectivity index (χ1) is 21.2. The zero-order chi connectivity index (χ0) is 31.4. The molecule has 0 radical (unpaired) electrons. The van der Waals surface area contributed by atoms with Crippen LogP contribution >= 0.6 is 0 Å². The lowest BCUT2D eigenvalue weighted by molar-refractivity contribution is -0.140. The van der Waals surface area contributed by atoms with E-state index in [1.54, 1.807) is 0 Å². The molecule has 5 rings (SSSR count). The minimum absolute atomic E-state index is 0.158. The number of carbonyl (C=O) groups is 4. The normalized spacial score (nSPS) is 18.2. The topological polar surface area (TPSA) is 102 Å². The van der Waals surface area contributed by atoms with E-state index in [0.717, 1.165) is 92.0 Å². The quantitative estimate of drug-likeness (QED) is 0.113. The lowest BCUT2D eigenvalue weighted by Gasteiger charge is -2.33. The Morgan fingerprint density at radius 3 is 2.20 bits per heavy atom. The predicted octanol–water partition coefficient (Wildman–Crippen LogP) is 8.13. The van der Waals surface area contributed by atoms with Crippen LogP contribution in [0.2, 0.25) is 0 Å². The van der Waals surface area contributed by atoms with Gasteiger partial charge in [0.15, 0.2) is 0 Å². The number of nitrogens with zero attached hydrogens (tertiary/aromatic N) is 2. The molecule has 0 heterocycles. The van der Waals surface area contributed by atoms with Gasteiger partial charge in [-0.1, -0.05) is 88.6 Å². The van der Waals surface area contributed by atoms with Gasteiger partial charge in [-0.25, -0.2) is 9.79 Å². The number of fused-ring (bicyclic) bond motifs is 4. The molecule has 0 saturated heterocycles. The summed E-state index contributed by atoms with van der Waals surface area (Å²) in [5.74, 6) is -0.891. The van der Waals surface area contributed by atoms with Gasteiger partial charge in [0.2, 0.25) is 17.5 Å². The zero-order valence-corrected chi connectivity index (χ0v) is 26.6. The van der Waals surface area contributed by atoms with Crippen molar-refractivity contribution in [1.29, 1.82) is 0 Å². The van der Waals surface area contributed by atoms with Gasteiger partial charge in [0, 0.05) is 30.4 Å². The standard InChI is InChI=1S/C37H44N2O5/c1-5-7-17-37(18-8-6-2)31-21-27(35(42)34(39-44-24(4)41)19-25-11-9-10-12-25)13-15-28(31)30-20-26-14-16-33(38-23(3)40)36(43)29(26)22-32(30)37/h13,15,20-22,25H,5-12,14,16-19H2,1-4H3/b38-33-,39-34?. The van der Waals surface area contributed by atoms with Gasteiger partial charge in [0.1, 0.15) is 5.71 Å². The average Bonchev–Trinajstić information content (AvgIpc) is 3.61. The first kappa shape index (κ1) is 31.7. The smallest absolute Gasteiger partial charge is 0.318 e. The van der Waals surface area contributed by atoms with Crippen LogP contribution in [0.3, 0.4) is 0 Å². The second-order valence-electron chi connectivity index (χ2n) is 12.8. The van der Waals surface area contributed by atoms with E-state index < -0.39 is 5.97 Å². The van der Waals surface area contributed by atoms with Gasteiger partial charge in [-0.3, -0.25) is 14.4 Å². The van der Waals surface area contributed by atoms with Crippen LogP contribution in [0.5, 0.6) is 0 Å². The third kappa shape index (κ3) is 6.24. The number of hydrogen-bond acceptors (Lipinski definition) is 6. The molecule has 44 heavy (non-hydrogen) atoms. The molecule has 7 heteroatoms. The maximum absolute atomic E-state index is 14.0. The van der Waals surface area contributed by atoms with E-state index in [1.165, 1.54) is 13.8 Å². The highest BCUT2D eigenvalue weighted by molar-refractivity contribution is 6.48. The Morgan fingerprint density at radius 1 is 0.886 bits per heavy atom. The van der Waals surface area contributed by atoms with Gasteiger partial charge in [0.05, 0.1) is 5.71 Å². The molecule has 0 aromatic heterocycles. The molecule has 1 fully saturated rings. The van der Waals surface area contributed by atoms with E-state index in [2.05, 4.69) is 42.2 Å². The highest BCUT2D eigenvalue weighted by Crippen LogP contribution is 2.55. The van der Waals surface area contributed by atoms with Crippen molar-refractivity contribution in [3.8, 4) is 11.1 Å². The molecule has 7 nitrogen and oxygen atoms in total. The summed E-state index contributed by atoms with van der Waals surface area (Å²) >= 11 is 0. The van der Waals surface area contributed by atoms with E-state index in [4.69, 9.17) is 4.84 Å². The minimum Gasteiger partial charge on any atom is -0.318 e. The number of benzene rings is 2. The molecule has 0 N–H and O–H groups in total. The second kappa shape index (κ2) is 13.5. The highest BCUT2D eigenvalue weighted by atomic mass is 16.7. The number of unbranched alkanes of at least 4 members (excludes halogenated alkanes) is 2. The van der Waals surface area contributed by atoms with Crippen LogP contribution in [0.4, 0.5) is 0 Å². The molecule has 3 aliphatic carbocycles. The summed E-state index contributed by atoms with van der Waals surface area (Å²) in [5, 5.41) is 4.06. The summed E-state index contributed by atoms with van der Waals surface area (Å²) in [4.78, 5) is 60.0. The van der Waals surface area contributed by atoms with Gasteiger partial charge < -0.3 is 4.84 Å². The van der Waals surface area contributed by atoms with Crippen LogP contribution < -0.4 is 0 Å². The van der Waals surface area contributed by atoms with Gasteiger partial charge in [0.25, 0.3) is 0 Å². The molecule has 1 saturated carbocycles. The molecule has 0 spiro atoms. The SMILES string of the molecule is CCCCC1(CCCC)c2cc(C(=O)C(CC3CCCC3)=NOC(C)=O)ccc2-c2cc3c(cc21)C(=O)/C(=N\C(C)=O)CC3. The molecule has 2 aromatic carbocycles. The van der Waals surface area contributed by atoms with Crippen molar-refractivity contribution in [2.45, 2.75) is 117 Å². The Hall–Kier alpha value is -3.74. The first-order valence-corrected chi connectivity index (χ1v) is 16.4. The number of ketones is 2. The minimum atomic E-state index is -0.542. The van der Waals surface area contributed by atoms with E-state index >= 15 is 0 Å². The first-order valence-electron chi connectivity index (χ1n) is 16.4. The van der Waals surface area contributed by atoms with E-state index in [1.807, 2.05) is 12.1 Å². The number of aliphatic imine (C=N–C) groups is 1. The maximum atomic E-state index is 14.0. The van der Waals surface area contributed by atoms with Crippen molar-refractivity contribution in [2.24, 2.45) is 16.1 Å². The molecule has 0 bridgehead atoms. The molecule has 2 aromatic rings. The van der Waals surface area contributed by atoms with Crippen LogP contribution in [0.15, 0.2) is 40.5 Å². The van der Waals surface area contributed by atoms with Gasteiger partial charge in [-0.2, -0.15) is 0 Å². The van der Waals surface area contributed by atoms with Gasteiger partial charge >= 0.3 is 5.97 Å². The summed E-state index contributed by atoms with van der Waals surface area (Å²) in [6, 6.07) is 10.2. The summed E-state index contributed by atoms with van der Waals surface area (Å²) < 4.78 is 0. The van der Waals surface area contributed by atoms with Crippen molar-refractivity contribution in [3.05, 3.63) is 58.1 Å². The molecule has 0 unspecified atom stereocenters. The molecule has 3 aliphatic rings. The van der Waals surface area contributed by atoms with Crippen LogP contribution in [-0.4, -0.2) is 34.9 Å². The largest absolute Gasteiger partial charge is 0.331 e. The molecule has 232 valence electrons. The third-order valence-corrected chi connectivity index (χ3v) is 9.69. The second-order valence-corrected chi connectivity index (χ2v) is 12.8. The Labute approximate surface area is 260 Å². The average molecular weight is 597 g/mol. The monoisotopic (exact) mass is 596 g/mol. The molecule has 1 amide bonds. The maximum Gasteiger partial charge on any atom is 0.331 e. The van der Waals surface area contributed by atoms with E-state index in [0.29, 0.717) is 47.7 Å². The van der Waals surface area contributed by atoms with Crippen molar-refractivity contribution in [3.63, 3.8) is 0 Å². The lowest BCUT2D eigenvalue weighted by atomic mass is 9.69. The molecular formula is C37H44N2O5. The van der Waals surface area contributed by atoms with Crippen LogP contribution in [0.25, 0.3) is 11.1 Å². The van der Waals surface area contributed by atoms with Crippen LogP contribution in [0, 0.1) is 5.92 Å². The number of rotatable bonds is 11. The van der Waals surface area contributed by atoms with Gasteiger partial charge in [-0.05, 0) is 78.0 Å². The summed E-state index contributed by atoms with van der Waals surface area (Å²) in [6.07, 6.45) is 11.8. The Kier molecular flexibility index (Phi) is 9.72. The number of aryl methyl sites for hydroxylation is 1. The number of oxime groups is 1. The number of amides is 1. The van der Waals surface area contributed by atoms with Gasteiger partial charge in [-0.15, -0.1) is 0 Å². The summed E-state index contributed by atoms with van der Waals surface area (Å²) in [7, 11) is 0. The predicted molar refractivity (Wildman–Crippen MR) is 173 cm³/mol. The lowest BCUT2D eigenvalue weighted by Crippen LogP contribution is -2.28. The fourth-order valence-electron chi connectivity index (χ4n) is 7.53. The van der Waals surface area contributed by atoms with Crippen LogP contribution in [0.1, 0.15) is 142 Å². The summed E-state index contributed by atoms with van der Waals surface area (Å²) in [6.45, 7) is 7.05. The van der Waals surface area contributed by atoms with Crippen molar-refractivity contribution in [2.75, 3.05) is 0 Å². The molecular weight excluding hydrogens is 552 g/mol. The van der Waals surface area contributed by atoms with Crippen molar-refractivity contribution < 1.29 is 24.0 Å². The fourth-order valence-corrected chi connectivity index (χ4v) is 7.53. The zero-order valence-electron chi connectivity index (χ0n) is 26.6. The summed E-state index contributed by atoms with van der Waals surface area (Å²) in [5.41, 5.74) is 6.96. The number of carbonyl (C=O) groups excluding carboxylic acids is 4. The molecule has 0 aliphatic heterocycles. The number of Topliss-reactive ketones (excluding diaryl/α,β-unsaturated/α-hetero) is 2. The van der Waals surface area contributed by atoms with Crippen LogP contribution in [-0.2, 0) is 26.3 Å².